The van der Waals surface area contributed by atoms with Crippen molar-refractivity contribution in [1.82, 2.24) is 0 Å². The van der Waals surface area contributed by atoms with Crippen molar-refractivity contribution in [3.05, 3.63) is 22.7 Å². The highest BCUT2D eigenvalue weighted by Gasteiger charge is 2.30. The molecule has 84 valence electrons. The number of alkyl halides is 3. The van der Waals surface area contributed by atoms with E-state index >= 15 is 0 Å². The van der Waals surface area contributed by atoms with Crippen LogP contribution in [0.3, 0.4) is 0 Å². The molecule has 0 aliphatic rings. The summed E-state index contributed by atoms with van der Waals surface area (Å²) in [5, 5.41) is 0.570. The highest BCUT2D eigenvalue weighted by molar-refractivity contribution is 9.10. The fourth-order valence-corrected chi connectivity index (χ4v) is 1.39. The van der Waals surface area contributed by atoms with Crippen LogP contribution in [0.1, 0.15) is 0 Å². The first-order valence-electron chi connectivity index (χ1n) is 3.93. The van der Waals surface area contributed by atoms with Crippen molar-refractivity contribution in [3.8, 4) is 0 Å². The first-order valence-corrected chi connectivity index (χ1v) is 4.73. The highest BCUT2D eigenvalue weighted by atomic mass is 79.9. The summed E-state index contributed by atoms with van der Waals surface area (Å²) in [4.78, 5) is 0. The molecule has 7 heteroatoms. The summed E-state index contributed by atoms with van der Waals surface area (Å²) in [5.41, 5.74) is 5.84. The highest BCUT2D eigenvalue weighted by Crippen LogP contribution is 2.27. The quantitative estimate of drug-likeness (QED) is 0.497. The van der Waals surface area contributed by atoms with Crippen molar-refractivity contribution in [2.75, 3.05) is 17.3 Å². The van der Waals surface area contributed by atoms with Crippen LogP contribution in [0.4, 0.5) is 24.5 Å². The summed E-state index contributed by atoms with van der Waals surface area (Å²) >= 11 is 3.13. The predicted octanol–water partition coefficient (Wildman–Crippen LogP) is 2.27. The van der Waals surface area contributed by atoms with E-state index in [0.717, 1.165) is 0 Å². The van der Waals surface area contributed by atoms with Crippen molar-refractivity contribution < 1.29 is 13.2 Å². The van der Waals surface area contributed by atoms with Crippen molar-refractivity contribution in [3.63, 3.8) is 0 Å². The molecule has 0 spiro atoms. The van der Waals surface area contributed by atoms with E-state index in [0.29, 0.717) is 9.48 Å². The Balaban J connectivity index is 2.90. The van der Waals surface area contributed by atoms with E-state index in [1.807, 2.05) is 0 Å². The molecule has 1 aromatic rings. The van der Waals surface area contributed by atoms with Gasteiger partial charge in [0.15, 0.2) is 0 Å². The molecule has 0 aromatic heterocycles. The molecule has 0 bridgehead atoms. The molecule has 0 atom stereocenters. The molecule has 0 aliphatic carbocycles. The Hall–Kier alpha value is -0.950. The van der Waals surface area contributed by atoms with Gasteiger partial charge in [0.05, 0.1) is 11.4 Å². The van der Waals surface area contributed by atoms with Gasteiger partial charge in [-0.15, -0.1) is 0 Å². The second-order valence-electron chi connectivity index (χ2n) is 2.95. The predicted molar refractivity (Wildman–Crippen MR) is 56.1 cm³/mol. The normalized spacial score (nSPS) is 11.5. The Kier molecular flexibility index (Phi) is 3.46. The zero-order valence-electron chi connectivity index (χ0n) is 7.55. The fourth-order valence-electron chi connectivity index (χ4n) is 1.04. The number of rotatable bonds is 2. The standard InChI is InChI=1S/C8H9BrF3N3/c9-5-1-2-6(13)7(3-5)15(14)4-8(10,11)12/h1-3H,4,13-14H2. The van der Waals surface area contributed by atoms with Crippen molar-refractivity contribution in [2.24, 2.45) is 5.84 Å². The maximum absolute atomic E-state index is 12.0. The van der Waals surface area contributed by atoms with E-state index in [2.05, 4.69) is 15.9 Å². The van der Waals surface area contributed by atoms with Crippen LogP contribution in [-0.2, 0) is 0 Å². The number of benzene rings is 1. The first-order chi connectivity index (χ1) is 6.79. The molecule has 0 saturated carbocycles. The molecule has 0 unspecified atom stereocenters. The minimum absolute atomic E-state index is 0.140. The smallest absolute Gasteiger partial charge is 0.397 e. The molecule has 0 fully saturated rings. The van der Waals surface area contributed by atoms with E-state index in [1.54, 1.807) is 6.07 Å². The van der Waals surface area contributed by atoms with Gasteiger partial charge in [0.2, 0.25) is 0 Å². The van der Waals surface area contributed by atoms with E-state index in [4.69, 9.17) is 11.6 Å². The molecule has 0 heterocycles. The van der Waals surface area contributed by atoms with Gasteiger partial charge < -0.3 is 5.73 Å². The minimum Gasteiger partial charge on any atom is -0.397 e. The molecule has 0 aliphatic heterocycles. The third kappa shape index (κ3) is 3.60. The Morgan fingerprint density at radius 2 is 1.93 bits per heavy atom. The molecular formula is C8H9BrF3N3. The van der Waals surface area contributed by atoms with Gasteiger partial charge in [-0.3, -0.25) is 5.01 Å². The van der Waals surface area contributed by atoms with E-state index in [-0.39, 0.29) is 11.4 Å². The minimum atomic E-state index is -4.36. The lowest BCUT2D eigenvalue weighted by Crippen LogP contribution is -2.40. The molecule has 1 rings (SSSR count). The Morgan fingerprint density at radius 3 is 2.47 bits per heavy atom. The number of nitrogen functional groups attached to an aromatic ring is 1. The van der Waals surface area contributed by atoms with Gasteiger partial charge in [0.25, 0.3) is 0 Å². The van der Waals surface area contributed by atoms with E-state index < -0.39 is 12.7 Å². The average molecular weight is 284 g/mol. The summed E-state index contributed by atoms with van der Waals surface area (Å²) in [7, 11) is 0. The molecule has 15 heavy (non-hydrogen) atoms. The maximum Gasteiger partial charge on any atom is 0.407 e. The van der Waals surface area contributed by atoms with Gasteiger partial charge in [-0.1, -0.05) is 15.9 Å². The zero-order valence-corrected chi connectivity index (χ0v) is 9.14. The summed E-state index contributed by atoms with van der Waals surface area (Å²) in [5.74, 6) is 5.26. The van der Waals surface area contributed by atoms with Gasteiger partial charge in [0.1, 0.15) is 6.54 Å². The van der Waals surface area contributed by atoms with Crippen LogP contribution in [0.25, 0.3) is 0 Å². The lowest BCUT2D eigenvalue weighted by molar-refractivity contribution is -0.119. The van der Waals surface area contributed by atoms with Crippen LogP contribution < -0.4 is 16.6 Å². The number of hydrogen-bond donors (Lipinski definition) is 2. The lowest BCUT2D eigenvalue weighted by Gasteiger charge is -2.21. The van der Waals surface area contributed by atoms with Crippen LogP contribution in [0.2, 0.25) is 0 Å². The van der Waals surface area contributed by atoms with E-state index in [1.165, 1.54) is 12.1 Å². The monoisotopic (exact) mass is 283 g/mol. The van der Waals surface area contributed by atoms with Gasteiger partial charge in [0, 0.05) is 4.47 Å². The molecule has 0 amide bonds. The number of nitrogens with zero attached hydrogens (tertiary/aromatic N) is 1. The van der Waals surface area contributed by atoms with Gasteiger partial charge in [-0.05, 0) is 18.2 Å². The third-order valence-corrected chi connectivity index (χ3v) is 2.14. The first kappa shape index (κ1) is 12.1. The Bertz CT molecular complexity index is 353. The molecule has 3 nitrogen and oxygen atoms in total. The van der Waals surface area contributed by atoms with Crippen LogP contribution >= 0.6 is 15.9 Å². The van der Waals surface area contributed by atoms with Crippen LogP contribution in [0, 0.1) is 0 Å². The average Bonchev–Trinajstić information content (AvgIpc) is 2.06. The topological polar surface area (TPSA) is 55.3 Å². The Labute approximate surface area is 92.9 Å². The number of anilines is 2. The van der Waals surface area contributed by atoms with Gasteiger partial charge in [-0.25, -0.2) is 5.84 Å². The third-order valence-electron chi connectivity index (χ3n) is 1.65. The van der Waals surface area contributed by atoms with Crippen molar-refractivity contribution >= 4 is 27.3 Å². The van der Waals surface area contributed by atoms with Crippen LogP contribution in [0.5, 0.6) is 0 Å². The fraction of sp³-hybridized carbons (Fsp3) is 0.250. The van der Waals surface area contributed by atoms with Crippen molar-refractivity contribution in [1.29, 1.82) is 0 Å². The second-order valence-corrected chi connectivity index (χ2v) is 3.86. The summed E-state index contributed by atoms with van der Waals surface area (Å²) in [6.45, 7) is -1.24. The lowest BCUT2D eigenvalue weighted by atomic mass is 10.2. The van der Waals surface area contributed by atoms with E-state index in [9.17, 15) is 13.2 Å². The zero-order chi connectivity index (χ0) is 11.6. The number of halogens is 4. The van der Waals surface area contributed by atoms with Crippen LogP contribution in [-0.4, -0.2) is 12.7 Å². The van der Waals surface area contributed by atoms with Gasteiger partial charge in [-0.2, -0.15) is 13.2 Å². The number of hydrazine groups is 1. The molecular weight excluding hydrogens is 275 g/mol. The number of nitrogens with two attached hydrogens (primary N) is 2. The number of hydrogen-bond acceptors (Lipinski definition) is 3. The second kappa shape index (κ2) is 4.28. The molecule has 0 saturated heterocycles. The van der Waals surface area contributed by atoms with Crippen LogP contribution in [0.15, 0.2) is 22.7 Å². The molecule has 4 N–H and O–H groups in total. The van der Waals surface area contributed by atoms with Crippen molar-refractivity contribution in [2.45, 2.75) is 6.18 Å². The summed E-state index contributed by atoms with van der Waals surface area (Å²) in [6, 6.07) is 4.54. The summed E-state index contributed by atoms with van der Waals surface area (Å²) < 4.78 is 36.8. The SMILES string of the molecule is Nc1ccc(Br)cc1N(N)CC(F)(F)F. The maximum atomic E-state index is 12.0. The molecule has 0 radical (unpaired) electrons. The molecule has 1 aromatic carbocycles. The Morgan fingerprint density at radius 1 is 1.33 bits per heavy atom. The largest absolute Gasteiger partial charge is 0.407 e. The van der Waals surface area contributed by atoms with Gasteiger partial charge >= 0.3 is 6.18 Å². The summed E-state index contributed by atoms with van der Waals surface area (Å²) in [6.07, 6.45) is -4.36.